The maximum absolute atomic E-state index is 5.80. The number of aryl methyl sites for hydroxylation is 1. The molecular weight excluding hydrogens is 224 g/mol. The van der Waals surface area contributed by atoms with Gasteiger partial charge in [0, 0.05) is 0 Å². The standard InChI is InChI=1S/C10H10N4OS/c1-5-3-4-6(15-2)7-8(5)16-10-13-12-9(11)14(7)10/h3-4H,1-2H3,(H2,11,12). The molecule has 0 fully saturated rings. The second-order valence-corrected chi connectivity index (χ2v) is 4.52. The second kappa shape index (κ2) is 3.08. The molecule has 1 aromatic carbocycles. The molecule has 0 aliphatic rings. The van der Waals surface area contributed by atoms with Crippen molar-refractivity contribution in [3.8, 4) is 5.75 Å². The Morgan fingerprint density at radius 1 is 1.38 bits per heavy atom. The highest BCUT2D eigenvalue weighted by atomic mass is 32.1. The molecule has 3 aromatic rings. The highest BCUT2D eigenvalue weighted by molar-refractivity contribution is 7.23. The van der Waals surface area contributed by atoms with Crippen LogP contribution < -0.4 is 10.5 Å². The SMILES string of the molecule is COc1ccc(C)c2sc3nnc(N)n3c12. The Kier molecular flexibility index (Phi) is 1.81. The number of anilines is 1. The van der Waals surface area contributed by atoms with Crippen LogP contribution in [0.1, 0.15) is 5.56 Å². The molecule has 0 saturated heterocycles. The third kappa shape index (κ3) is 1.04. The van der Waals surface area contributed by atoms with Gasteiger partial charge in [-0.05, 0) is 18.6 Å². The molecule has 6 heteroatoms. The Hall–Kier alpha value is -1.82. The number of hydrogen-bond donors (Lipinski definition) is 1. The van der Waals surface area contributed by atoms with E-state index in [9.17, 15) is 0 Å². The number of nitrogens with two attached hydrogens (primary N) is 1. The van der Waals surface area contributed by atoms with Crippen LogP contribution in [0, 0.1) is 6.92 Å². The van der Waals surface area contributed by atoms with Gasteiger partial charge in [0.1, 0.15) is 11.3 Å². The molecule has 0 atom stereocenters. The number of thiazole rings is 1. The molecule has 0 saturated carbocycles. The predicted molar refractivity (Wildman–Crippen MR) is 64.1 cm³/mol. The zero-order chi connectivity index (χ0) is 11.3. The van der Waals surface area contributed by atoms with Crippen molar-refractivity contribution in [1.82, 2.24) is 14.6 Å². The Bertz CT molecular complexity index is 685. The first-order valence-electron chi connectivity index (χ1n) is 4.79. The predicted octanol–water partition coefficient (Wildman–Crippen LogP) is 1.84. The Morgan fingerprint density at radius 2 is 2.19 bits per heavy atom. The van der Waals surface area contributed by atoms with Gasteiger partial charge in [0.05, 0.1) is 11.8 Å². The molecule has 3 rings (SSSR count). The van der Waals surface area contributed by atoms with E-state index < -0.39 is 0 Å². The molecule has 16 heavy (non-hydrogen) atoms. The van der Waals surface area contributed by atoms with Crippen LogP contribution in [0.4, 0.5) is 5.95 Å². The molecule has 2 N–H and O–H groups in total. The van der Waals surface area contributed by atoms with E-state index >= 15 is 0 Å². The average molecular weight is 234 g/mol. The molecule has 0 amide bonds. The molecule has 82 valence electrons. The smallest absolute Gasteiger partial charge is 0.227 e. The van der Waals surface area contributed by atoms with Crippen LogP contribution in [-0.4, -0.2) is 21.7 Å². The number of hydrogen-bond acceptors (Lipinski definition) is 5. The fourth-order valence-electron chi connectivity index (χ4n) is 1.81. The molecule has 0 spiro atoms. The fourth-order valence-corrected chi connectivity index (χ4v) is 2.87. The molecule has 0 unspecified atom stereocenters. The van der Waals surface area contributed by atoms with Gasteiger partial charge in [-0.1, -0.05) is 17.4 Å². The fraction of sp³-hybridized carbons (Fsp3) is 0.200. The lowest BCUT2D eigenvalue weighted by molar-refractivity contribution is 0.418. The van der Waals surface area contributed by atoms with Crippen LogP contribution >= 0.6 is 11.3 Å². The van der Waals surface area contributed by atoms with Gasteiger partial charge < -0.3 is 10.5 Å². The summed E-state index contributed by atoms with van der Waals surface area (Å²) >= 11 is 1.57. The number of methoxy groups -OCH3 is 1. The van der Waals surface area contributed by atoms with Crippen molar-refractivity contribution < 1.29 is 4.74 Å². The summed E-state index contributed by atoms with van der Waals surface area (Å²) in [6, 6.07) is 3.96. The van der Waals surface area contributed by atoms with E-state index in [-0.39, 0.29) is 0 Å². The summed E-state index contributed by atoms with van der Waals surface area (Å²) in [7, 11) is 1.65. The number of benzene rings is 1. The van der Waals surface area contributed by atoms with E-state index in [0.29, 0.717) is 5.95 Å². The minimum absolute atomic E-state index is 0.394. The summed E-state index contributed by atoms with van der Waals surface area (Å²) in [5.41, 5.74) is 7.94. The Balaban J connectivity index is 2.61. The van der Waals surface area contributed by atoms with Gasteiger partial charge in [-0.15, -0.1) is 10.2 Å². The van der Waals surface area contributed by atoms with E-state index in [0.717, 1.165) is 20.9 Å². The summed E-state index contributed by atoms with van der Waals surface area (Å²) in [4.78, 5) is 0.792. The van der Waals surface area contributed by atoms with Crippen LogP contribution in [-0.2, 0) is 0 Å². The minimum atomic E-state index is 0.394. The lowest BCUT2D eigenvalue weighted by atomic mass is 10.2. The van der Waals surface area contributed by atoms with Crippen LogP contribution in [0.25, 0.3) is 15.2 Å². The van der Waals surface area contributed by atoms with Crippen LogP contribution in [0.2, 0.25) is 0 Å². The summed E-state index contributed by atoms with van der Waals surface area (Å²) in [5.74, 6) is 1.18. The maximum Gasteiger partial charge on any atom is 0.227 e. The van der Waals surface area contributed by atoms with Gasteiger partial charge in [0.15, 0.2) is 0 Å². The molecule has 5 nitrogen and oxygen atoms in total. The number of ether oxygens (including phenoxy) is 1. The summed E-state index contributed by atoms with van der Waals surface area (Å²) in [5, 5.41) is 7.88. The van der Waals surface area contributed by atoms with Gasteiger partial charge in [0.2, 0.25) is 10.9 Å². The highest BCUT2D eigenvalue weighted by Crippen LogP contribution is 2.35. The van der Waals surface area contributed by atoms with Crippen molar-refractivity contribution >= 4 is 32.5 Å². The lowest BCUT2D eigenvalue weighted by Gasteiger charge is -2.03. The first-order valence-corrected chi connectivity index (χ1v) is 5.60. The number of nitrogens with zero attached hydrogens (tertiary/aromatic N) is 3. The molecule has 2 heterocycles. The van der Waals surface area contributed by atoms with E-state index in [4.69, 9.17) is 10.5 Å². The van der Waals surface area contributed by atoms with Gasteiger partial charge in [-0.2, -0.15) is 0 Å². The van der Waals surface area contributed by atoms with Crippen molar-refractivity contribution in [3.05, 3.63) is 17.7 Å². The number of fused-ring (bicyclic) bond motifs is 3. The first kappa shape index (κ1) is 9.41. The van der Waals surface area contributed by atoms with E-state index in [2.05, 4.69) is 17.1 Å². The van der Waals surface area contributed by atoms with Gasteiger partial charge in [-0.25, -0.2) is 4.40 Å². The van der Waals surface area contributed by atoms with Crippen LogP contribution in [0.5, 0.6) is 5.75 Å². The number of aromatic nitrogens is 3. The van der Waals surface area contributed by atoms with E-state index in [1.807, 2.05) is 16.5 Å². The second-order valence-electron chi connectivity index (χ2n) is 3.54. The maximum atomic E-state index is 5.80. The Labute approximate surface area is 95.5 Å². The van der Waals surface area contributed by atoms with Crippen molar-refractivity contribution in [3.63, 3.8) is 0 Å². The van der Waals surface area contributed by atoms with E-state index in [1.165, 1.54) is 5.56 Å². The van der Waals surface area contributed by atoms with Gasteiger partial charge in [-0.3, -0.25) is 0 Å². The van der Waals surface area contributed by atoms with Crippen LogP contribution in [0.15, 0.2) is 12.1 Å². The number of nitrogen functional groups attached to an aromatic ring is 1. The molecule has 0 aliphatic carbocycles. The van der Waals surface area contributed by atoms with E-state index in [1.54, 1.807) is 18.4 Å². The zero-order valence-corrected chi connectivity index (χ0v) is 9.71. The monoisotopic (exact) mass is 234 g/mol. The first-order chi connectivity index (χ1) is 7.72. The highest BCUT2D eigenvalue weighted by Gasteiger charge is 2.15. The van der Waals surface area contributed by atoms with Crippen molar-refractivity contribution in [2.45, 2.75) is 6.92 Å². The molecular formula is C10H10N4OS. The third-order valence-corrected chi connectivity index (χ3v) is 3.75. The minimum Gasteiger partial charge on any atom is -0.495 e. The van der Waals surface area contributed by atoms with Gasteiger partial charge >= 0.3 is 0 Å². The molecule has 0 aliphatic heterocycles. The van der Waals surface area contributed by atoms with Gasteiger partial charge in [0.25, 0.3) is 0 Å². The normalized spacial score (nSPS) is 11.4. The Morgan fingerprint density at radius 3 is 2.94 bits per heavy atom. The zero-order valence-electron chi connectivity index (χ0n) is 8.89. The van der Waals surface area contributed by atoms with Crippen LogP contribution in [0.3, 0.4) is 0 Å². The molecule has 0 bridgehead atoms. The van der Waals surface area contributed by atoms with Crippen molar-refractivity contribution in [2.75, 3.05) is 12.8 Å². The van der Waals surface area contributed by atoms with Crippen molar-refractivity contribution in [1.29, 1.82) is 0 Å². The summed E-state index contributed by atoms with van der Waals surface area (Å²) in [6.07, 6.45) is 0. The lowest BCUT2D eigenvalue weighted by Crippen LogP contribution is -1.95. The van der Waals surface area contributed by atoms with Crippen molar-refractivity contribution in [2.24, 2.45) is 0 Å². The number of rotatable bonds is 1. The average Bonchev–Trinajstić information content (AvgIpc) is 2.81. The summed E-state index contributed by atoms with van der Waals surface area (Å²) in [6.45, 7) is 2.06. The largest absolute Gasteiger partial charge is 0.495 e. The topological polar surface area (TPSA) is 65.4 Å². The molecule has 0 radical (unpaired) electrons. The summed E-state index contributed by atoms with van der Waals surface area (Å²) < 4.78 is 8.31. The molecule has 2 aromatic heterocycles. The quantitative estimate of drug-likeness (QED) is 0.697. The third-order valence-electron chi connectivity index (χ3n) is 2.59.